The fraction of sp³-hybridized carbons (Fsp3) is 0.125. The summed E-state index contributed by atoms with van der Waals surface area (Å²) in [5.41, 5.74) is 1.93. The lowest BCUT2D eigenvalue weighted by Gasteiger charge is -2.07. The number of hydrogen-bond acceptors (Lipinski definition) is 3. The van der Waals surface area contributed by atoms with Crippen LogP contribution in [0.15, 0.2) is 66.9 Å². The predicted octanol–water partition coefficient (Wildman–Crippen LogP) is 3.60. The molecule has 0 saturated carbocycles. The number of hydrogen-bond donors (Lipinski definition) is 0. The van der Waals surface area contributed by atoms with E-state index in [1.54, 1.807) is 0 Å². The number of allylic oxidation sites excluding steroid dienone is 1. The Balaban J connectivity index is 1.91. The van der Waals surface area contributed by atoms with Crippen molar-refractivity contribution in [3.05, 3.63) is 88.1 Å². The highest BCUT2D eigenvalue weighted by atomic mass is 16.6. The Bertz CT molecular complexity index is 591. The van der Waals surface area contributed by atoms with Crippen LogP contribution in [0.1, 0.15) is 11.1 Å². The van der Waals surface area contributed by atoms with Gasteiger partial charge in [-0.1, -0.05) is 42.5 Å². The summed E-state index contributed by atoms with van der Waals surface area (Å²) in [6, 6.07) is 17.1. The van der Waals surface area contributed by atoms with Gasteiger partial charge in [0.25, 0.3) is 0 Å². The molecule has 0 bridgehead atoms. The second-order valence-electron chi connectivity index (χ2n) is 4.42. The first-order valence-electron chi connectivity index (χ1n) is 6.23. The molecule has 0 fully saturated rings. The lowest BCUT2D eigenvalue weighted by atomic mass is 10.1. The minimum atomic E-state index is -0.459. The Morgan fingerprint density at radius 1 is 1.05 bits per heavy atom. The SMILES string of the molecule is C=C(Cc1ccc(OCc2ccccc2)cc1)[N+](=O)[O-]. The van der Waals surface area contributed by atoms with Gasteiger partial charge in [-0.2, -0.15) is 0 Å². The van der Waals surface area contributed by atoms with Crippen LogP contribution in [0.3, 0.4) is 0 Å². The summed E-state index contributed by atoms with van der Waals surface area (Å²) in [4.78, 5) is 10.1. The van der Waals surface area contributed by atoms with Crippen molar-refractivity contribution in [2.24, 2.45) is 0 Å². The quantitative estimate of drug-likeness (QED) is 0.594. The van der Waals surface area contributed by atoms with Crippen LogP contribution < -0.4 is 4.74 Å². The maximum absolute atomic E-state index is 10.5. The summed E-state index contributed by atoms with van der Waals surface area (Å²) in [5.74, 6) is 0.740. The van der Waals surface area contributed by atoms with Gasteiger partial charge in [-0.05, 0) is 29.8 Å². The minimum absolute atomic E-state index is 0.0112. The van der Waals surface area contributed by atoms with E-state index >= 15 is 0 Å². The second-order valence-corrected chi connectivity index (χ2v) is 4.42. The van der Waals surface area contributed by atoms with Crippen molar-refractivity contribution in [1.82, 2.24) is 0 Å². The van der Waals surface area contributed by atoms with E-state index in [9.17, 15) is 10.1 Å². The second kappa shape index (κ2) is 6.52. The van der Waals surface area contributed by atoms with Crippen LogP contribution in [0.4, 0.5) is 0 Å². The molecule has 0 radical (unpaired) electrons. The van der Waals surface area contributed by atoms with E-state index in [1.165, 1.54) is 0 Å². The molecule has 0 aliphatic heterocycles. The van der Waals surface area contributed by atoms with Crippen LogP contribution in [0.25, 0.3) is 0 Å². The molecule has 0 aliphatic rings. The maximum atomic E-state index is 10.5. The van der Waals surface area contributed by atoms with Gasteiger partial charge in [0.05, 0.1) is 11.3 Å². The van der Waals surface area contributed by atoms with Crippen LogP contribution in [0.5, 0.6) is 5.75 Å². The summed E-state index contributed by atoms with van der Waals surface area (Å²) < 4.78 is 5.64. The zero-order chi connectivity index (χ0) is 14.4. The molecule has 4 nitrogen and oxygen atoms in total. The third-order valence-electron chi connectivity index (χ3n) is 2.84. The highest BCUT2D eigenvalue weighted by Crippen LogP contribution is 2.16. The summed E-state index contributed by atoms with van der Waals surface area (Å²) in [6.07, 6.45) is 0.242. The topological polar surface area (TPSA) is 52.4 Å². The molecule has 0 unspecified atom stereocenters. The van der Waals surface area contributed by atoms with Gasteiger partial charge >= 0.3 is 0 Å². The molecule has 4 heteroatoms. The number of nitrogens with zero attached hydrogens (tertiary/aromatic N) is 1. The summed E-state index contributed by atoms with van der Waals surface area (Å²) in [6.45, 7) is 3.92. The molecular weight excluding hydrogens is 254 g/mol. The van der Waals surface area contributed by atoms with Crippen molar-refractivity contribution in [3.8, 4) is 5.75 Å². The minimum Gasteiger partial charge on any atom is -0.489 e. The molecule has 102 valence electrons. The standard InChI is InChI=1S/C16H15NO3/c1-13(17(18)19)11-14-7-9-16(10-8-14)20-12-15-5-3-2-4-6-15/h2-10H,1,11-12H2. The summed E-state index contributed by atoms with van der Waals surface area (Å²) in [7, 11) is 0. The first-order valence-corrected chi connectivity index (χ1v) is 6.23. The molecular formula is C16H15NO3. The van der Waals surface area contributed by atoms with Gasteiger partial charge < -0.3 is 4.74 Å². The molecule has 0 amide bonds. The Kier molecular flexibility index (Phi) is 4.50. The lowest BCUT2D eigenvalue weighted by molar-refractivity contribution is -0.426. The van der Waals surface area contributed by atoms with Crippen LogP contribution in [-0.4, -0.2) is 4.92 Å². The average Bonchev–Trinajstić information content (AvgIpc) is 2.47. The fourth-order valence-electron chi connectivity index (χ4n) is 1.74. The van der Waals surface area contributed by atoms with Gasteiger partial charge in [-0.25, -0.2) is 0 Å². The smallest absolute Gasteiger partial charge is 0.243 e. The maximum Gasteiger partial charge on any atom is 0.243 e. The zero-order valence-corrected chi connectivity index (χ0v) is 11.0. The molecule has 0 N–H and O–H groups in total. The van der Waals surface area contributed by atoms with Gasteiger partial charge in [0.2, 0.25) is 5.70 Å². The van der Waals surface area contributed by atoms with Crippen LogP contribution in [0, 0.1) is 10.1 Å². The van der Waals surface area contributed by atoms with Crippen LogP contribution in [0.2, 0.25) is 0 Å². The first-order chi connectivity index (χ1) is 9.65. The summed E-state index contributed by atoms with van der Waals surface area (Å²) >= 11 is 0. The van der Waals surface area contributed by atoms with E-state index < -0.39 is 4.92 Å². The van der Waals surface area contributed by atoms with Crippen molar-refractivity contribution >= 4 is 0 Å². The Morgan fingerprint density at radius 2 is 1.70 bits per heavy atom. The van der Waals surface area contributed by atoms with E-state index in [0.29, 0.717) is 6.61 Å². The first kappa shape index (κ1) is 13.8. The molecule has 0 saturated heterocycles. The highest BCUT2D eigenvalue weighted by Gasteiger charge is 2.07. The third-order valence-corrected chi connectivity index (χ3v) is 2.84. The van der Waals surface area contributed by atoms with Crippen molar-refractivity contribution in [2.75, 3.05) is 0 Å². The van der Waals surface area contributed by atoms with E-state index in [-0.39, 0.29) is 12.1 Å². The Labute approximate surface area is 117 Å². The predicted molar refractivity (Wildman–Crippen MR) is 77.1 cm³/mol. The van der Waals surface area contributed by atoms with Gasteiger partial charge in [-0.3, -0.25) is 10.1 Å². The number of benzene rings is 2. The monoisotopic (exact) mass is 269 g/mol. The lowest BCUT2D eigenvalue weighted by Crippen LogP contribution is -2.00. The highest BCUT2D eigenvalue weighted by molar-refractivity contribution is 5.29. The van der Waals surface area contributed by atoms with E-state index in [0.717, 1.165) is 16.9 Å². The number of ether oxygens (including phenoxy) is 1. The Hall–Kier alpha value is -2.62. The fourth-order valence-corrected chi connectivity index (χ4v) is 1.74. The zero-order valence-electron chi connectivity index (χ0n) is 11.0. The van der Waals surface area contributed by atoms with Crippen LogP contribution in [-0.2, 0) is 13.0 Å². The van der Waals surface area contributed by atoms with E-state index in [4.69, 9.17) is 4.74 Å². The molecule has 2 aromatic rings. The van der Waals surface area contributed by atoms with Crippen LogP contribution >= 0.6 is 0 Å². The third kappa shape index (κ3) is 3.95. The molecule has 20 heavy (non-hydrogen) atoms. The average molecular weight is 269 g/mol. The largest absolute Gasteiger partial charge is 0.489 e. The molecule has 0 spiro atoms. The number of rotatable bonds is 6. The van der Waals surface area contributed by atoms with Crippen molar-refractivity contribution in [1.29, 1.82) is 0 Å². The normalized spacial score (nSPS) is 10.0. The molecule has 0 aromatic heterocycles. The molecule has 0 atom stereocenters. The molecule has 0 heterocycles. The molecule has 2 aromatic carbocycles. The van der Waals surface area contributed by atoms with Gasteiger partial charge in [0, 0.05) is 0 Å². The molecule has 2 rings (SSSR count). The van der Waals surface area contributed by atoms with Gasteiger partial charge in [0.1, 0.15) is 12.4 Å². The Morgan fingerprint density at radius 3 is 2.30 bits per heavy atom. The van der Waals surface area contributed by atoms with Gasteiger partial charge in [0.15, 0.2) is 0 Å². The van der Waals surface area contributed by atoms with Gasteiger partial charge in [-0.15, -0.1) is 0 Å². The van der Waals surface area contributed by atoms with Crippen molar-refractivity contribution in [2.45, 2.75) is 13.0 Å². The van der Waals surface area contributed by atoms with Crippen molar-refractivity contribution < 1.29 is 9.66 Å². The van der Waals surface area contributed by atoms with E-state index in [1.807, 2.05) is 54.6 Å². The summed E-state index contributed by atoms with van der Waals surface area (Å²) in [5, 5.41) is 10.5. The number of nitro groups is 1. The van der Waals surface area contributed by atoms with E-state index in [2.05, 4.69) is 6.58 Å². The molecule has 0 aliphatic carbocycles. The van der Waals surface area contributed by atoms with Crippen molar-refractivity contribution in [3.63, 3.8) is 0 Å².